The standard InChI is InChI=1S/C32H43N15O24P4/c1-44-9-47(25-15(44)27(53)43-32(35)41-25)29-19(51)17(49)11(67-29)4-64-73(56,57)70-75(60,61)71-74(58,59)65-5-12-20(21(62-2)30(68-12)45-7-38-13-22(33)36-6-37-23(13)45)69-72(54,55)63-3-10-16(48)18(50)28(66-10)46-8-39-14-24(46)40-31(34)42-26(14)52/h6-12,16-21,28-30,48-51H,3-5H2,1-2H3,(H11-,33,34,35,36,37,40,41,42,43,52,53,54,55,56,57,58,59,60,61)/p+1/t10-,11-,12-,16+,17?,18?,19+,20?,21+,28-,29-,30-/m1/s1. The molecule has 6 aromatic heterocycles. The molecule has 0 bridgehead atoms. The largest absolute Gasteiger partial charge is 0.490 e. The molecule has 0 spiro atoms. The van der Waals surface area contributed by atoms with Crippen molar-refractivity contribution in [1.29, 1.82) is 0 Å². The van der Waals surface area contributed by atoms with Crippen molar-refractivity contribution in [3.63, 3.8) is 0 Å². The predicted octanol–water partition coefficient (Wildman–Crippen LogP) is -4.71. The number of nitrogens with zero attached hydrogens (tertiary/aromatic N) is 10. The summed E-state index contributed by atoms with van der Waals surface area (Å²) in [4.78, 5) is 95.6. The highest BCUT2D eigenvalue weighted by atomic mass is 31.3. The Balaban J connectivity index is 0.862. The van der Waals surface area contributed by atoms with Crippen molar-refractivity contribution in [1.82, 2.24) is 53.6 Å². The highest BCUT2D eigenvalue weighted by Crippen LogP contribution is 2.68. The molecule has 3 aliphatic rings. The number of aromatic amines is 2. The van der Waals surface area contributed by atoms with E-state index in [4.69, 9.17) is 49.7 Å². The number of aliphatic hydroxyl groups excluding tert-OH is 4. The summed E-state index contributed by atoms with van der Waals surface area (Å²) in [6, 6.07) is 0. The first-order valence-electron chi connectivity index (χ1n) is 21.2. The lowest BCUT2D eigenvalue weighted by molar-refractivity contribution is -0.745. The number of hydrogen-bond donors (Lipinski definition) is 13. The van der Waals surface area contributed by atoms with Crippen LogP contribution in [0.2, 0.25) is 0 Å². The molecule has 39 nitrogen and oxygen atoms in total. The molecule has 3 fully saturated rings. The van der Waals surface area contributed by atoms with E-state index in [1.807, 2.05) is 0 Å². The Labute approximate surface area is 414 Å². The van der Waals surface area contributed by atoms with Crippen LogP contribution in [0, 0.1) is 0 Å². The Kier molecular flexibility index (Phi) is 14.8. The molecule has 9 heterocycles. The third kappa shape index (κ3) is 10.9. The molecular weight excluding hydrogens is 1100 g/mol. The van der Waals surface area contributed by atoms with E-state index < -0.39 is 136 Å². The Hall–Kier alpha value is -5.15. The van der Waals surface area contributed by atoms with E-state index in [1.165, 1.54) is 22.5 Å². The van der Waals surface area contributed by atoms with Gasteiger partial charge >= 0.3 is 36.9 Å². The van der Waals surface area contributed by atoms with Crippen molar-refractivity contribution in [3.05, 3.63) is 46.0 Å². The lowest BCUT2D eigenvalue weighted by Crippen LogP contribution is -2.46. The normalized spacial score (nSPS) is 30.5. The van der Waals surface area contributed by atoms with Crippen molar-refractivity contribution in [2.45, 2.75) is 73.6 Å². The van der Waals surface area contributed by atoms with Gasteiger partial charge in [0, 0.05) is 7.11 Å². The maximum absolute atomic E-state index is 13.7. The molecule has 16 N–H and O–H groups in total. The van der Waals surface area contributed by atoms with Gasteiger partial charge in [0.1, 0.15) is 66.8 Å². The zero-order chi connectivity index (χ0) is 54.3. The fraction of sp³-hybridized carbons (Fsp3) is 0.531. The van der Waals surface area contributed by atoms with E-state index in [9.17, 15) is 67.8 Å². The molecule has 0 aromatic carbocycles. The molecule has 16 atom stereocenters. The van der Waals surface area contributed by atoms with Crippen molar-refractivity contribution in [2.24, 2.45) is 7.05 Å². The van der Waals surface area contributed by atoms with E-state index in [0.29, 0.717) is 0 Å². The van der Waals surface area contributed by atoms with Crippen LogP contribution in [0.15, 0.2) is 34.9 Å². The summed E-state index contributed by atoms with van der Waals surface area (Å²) in [7, 11) is -20.9. The molecule has 75 heavy (non-hydrogen) atoms. The summed E-state index contributed by atoms with van der Waals surface area (Å²) in [5.41, 5.74) is 15.4. The smallest absolute Gasteiger partial charge is 0.387 e. The fourth-order valence-corrected chi connectivity index (χ4v) is 12.8. The van der Waals surface area contributed by atoms with Crippen LogP contribution in [0.4, 0.5) is 17.7 Å². The molecule has 0 amide bonds. The number of nitrogen functional groups attached to an aromatic ring is 3. The van der Waals surface area contributed by atoms with Crippen molar-refractivity contribution in [3.8, 4) is 0 Å². The first-order valence-corrected chi connectivity index (χ1v) is 27.1. The number of fused-ring (bicyclic) bond motifs is 3. The van der Waals surface area contributed by atoms with Gasteiger partial charge in [-0.05, 0) is 0 Å². The minimum atomic E-state index is -6.20. The fourth-order valence-electron chi connectivity index (χ4n) is 8.29. The maximum atomic E-state index is 13.7. The molecule has 3 aliphatic heterocycles. The molecule has 43 heteroatoms. The second kappa shape index (κ2) is 20.3. The number of imidazole rings is 3. The molecule has 0 aliphatic carbocycles. The first-order chi connectivity index (χ1) is 35.2. The summed E-state index contributed by atoms with van der Waals surface area (Å²) in [6.07, 6.45) is -15.8. The molecule has 6 aromatic rings. The number of aliphatic hydroxyl groups is 4. The van der Waals surface area contributed by atoms with Gasteiger partial charge in [0.2, 0.25) is 17.7 Å². The van der Waals surface area contributed by atoms with Gasteiger partial charge in [-0.25, -0.2) is 42.8 Å². The Morgan fingerprint density at radius 1 is 0.667 bits per heavy atom. The molecule has 410 valence electrons. The van der Waals surface area contributed by atoms with Gasteiger partial charge in [-0.2, -0.15) is 13.6 Å². The van der Waals surface area contributed by atoms with Crippen LogP contribution in [0.3, 0.4) is 0 Å². The van der Waals surface area contributed by atoms with Gasteiger partial charge in [-0.1, -0.05) is 4.98 Å². The molecule has 7 unspecified atom stereocenters. The van der Waals surface area contributed by atoms with Crippen LogP contribution in [0.25, 0.3) is 33.5 Å². The molecular formula is C32H44N15O24P4+. The molecule has 9 rings (SSSR count). The van der Waals surface area contributed by atoms with Gasteiger partial charge in [-0.15, -0.1) is 0 Å². The topological polar surface area (TPSA) is 562 Å². The summed E-state index contributed by atoms with van der Waals surface area (Å²) in [5, 5.41) is 43.2. The zero-order valence-electron chi connectivity index (χ0n) is 38.0. The lowest BCUT2D eigenvalue weighted by Gasteiger charge is -2.26. The lowest BCUT2D eigenvalue weighted by atomic mass is 10.1. The number of nitrogens with one attached hydrogen (secondary N) is 2. The van der Waals surface area contributed by atoms with Crippen LogP contribution in [0.5, 0.6) is 0 Å². The second-order valence-corrected chi connectivity index (χ2v) is 22.5. The van der Waals surface area contributed by atoms with E-state index in [2.05, 4.69) is 53.0 Å². The Morgan fingerprint density at radius 2 is 1.23 bits per heavy atom. The number of ether oxygens (including phenoxy) is 4. The monoisotopic (exact) mass is 1150 g/mol. The number of methoxy groups -OCH3 is 1. The number of anilines is 3. The summed E-state index contributed by atoms with van der Waals surface area (Å²) in [5.74, 6) is -0.716. The quantitative estimate of drug-likeness (QED) is 0.0268. The Bertz CT molecular complexity index is 3470. The average molecular weight is 1150 g/mol. The second-order valence-electron chi connectivity index (χ2n) is 16.5. The van der Waals surface area contributed by atoms with E-state index in [1.54, 1.807) is 0 Å². The minimum Gasteiger partial charge on any atom is -0.387 e. The van der Waals surface area contributed by atoms with Crippen molar-refractivity contribution >= 4 is 82.5 Å². The predicted molar refractivity (Wildman–Crippen MR) is 239 cm³/mol. The number of phosphoric ester groups is 3. The van der Waals surface area contributed by atoms with Gasteiger partial charge in [0.25, 0.3) is 17.1 Å². The van der Waals surface area contributed by atoms with E-state index in [-0.39, 0.29) is 51.2 Å². The molecule has 0 radical (unpaired) electrons. The highest BCUT2D eigenvalue weighted by Gasteiger charge is 2.54. The number of aromatic nitrogens is 12. The number of rotatable bonds is 19. The van der Waals surface area contributed by atoms with Crippen LogP contribution in [-0.4, -0.2) is 175 Å². The zero-order valence-corrected chi connectivity index (χ0v) is 41.5. The van der Waals surface area contributed by atoms with Gasteiger partial charge < -0.3 is 76.1 Å². The number of H-pyrrole nitrogens is 2. The SMILES string of the molecule is CO[C@H]1C(OP(=O)(O)OC[C@H]2O[C@@H](n3cnc4c(=O)[nH]c(N)nc43)C(O)[C@H]2O)[C@@H](COP(=O)(O)OP(=O)(O)OP(=O)(O)OC[C@H]2O[C@@H]([n+]3cn(C)c4c(=O)[nH]c(N)nc43)[C@@H](O)C2O)O[C@H]1n1cnc2c(N)ncnc21. The average Bonchev–Trinajstić information content (AvgIpc) is 4.17. The number of aryl methyl sites for hydroxylation is 1. The van der Waals surface area contributed by atoms with Crippen LogP contribution < -0.4 is 32.9 Å². The summed E-state index contributed by atoms with van der Waals surface area (Å²) < 4.78 is 109. The third-order valence-corrected chi connectivity index (χ3v) is 16.8. The van der Waals surface area contributed by atoms with Crippen LogP contribution in [0.1, 0.15) is 18.7 Å². The van der Waals surface area contributed by atoms with E-state index in [0.717, 1.165) is 35.2 Å². The summed E-state index contributed by atoms with van der Waals surface area (Å²) >= 11 is 0. The van der Waals surface area contributed by atoms with Gasteiger partial charge in [0.05, 0.1) is 39.5 Å². The highest BCUT2D eigenvalue weighted by molar-refractivity contribution is 7.66. The molecule has 0 saturated carbocycles. The van der Waals surface area contributed by atoms with E-state index >= 15 is 0 Å². The van der Waals surface area contributed by atoms with Crippen LogP contribution >= 0.6 is 31.3 Å². The van der Waals surface area contributed by atoms with Crippen molar-refractivity contribution in [2.75, 3.05) is 44.1 Å². The third-order valence-electron chi connectivity index (χ3n) is 11.6. The minimum absolute atomic E-state index is 0.00606. The van der Waals surface area contributed by atoms with Crippen LogP contribution in [-0.2, 0) is 71.0 Å². The first kappa shape index (κ1) is 54.6. The van der Waals surface area contributed by atoms with Gasteiger partial charge in [0.15, 0.2) is 41.4 Å². The molecule has 3 saturated heterocycles. The summed E-state index contributed by atoms with van der Waals surface area (Å²) in [6.45, 7) is -3.40. The Morgan fingerprint density at radius 3 is 1.89 bits per heavy atom. The number of phosphoric acid groups is 4. The van der Waals surface area contributed by atoms with Crippen molar-refractivity contribution < 1.29 is 108 Å². The number of hydrogen-bond acceptors (Lipinski definition) is 29. The number of nitrogens with two attached hydrogens (primary N) is 3. The maximum Gasteiger partial charge on any atom is 0.490 e. The van der Waals surface area contributed by atoms with Gasteiger partial charge in [-0.3, -0.25) is 51.4 Å².